The Bertz CT molecular complexity index is 487. The van der Waals surface area contributed by atoms with Gasteiger partial charge in [-0.05, 0) is 69.3 Å². The standard InChI is InChI=1S/C18H27NO2/c1-5-21-16-9-14(3)18(15(4)10-16)17(20)12-19-8-6-7-13(2)11-19/h9-10,13H,5-8,11-12H2,1-4H3. The first kappa shape index (κ1) is 16.0. The predicted molar refractivity (Wildman–Crippen MR) is 86.3 cm³/mol. The summed E-state index contributed by atoms with van der Waals surface area (Å²) in [5.41, 5.74) is 2.92. The lowest BCUT2D eigenvalue weighted by molar-refractivity contribution is 0.0892. The smallest absolute Gasteiger partial charge is 0.177 e. The van der Waals surface area contributed by atoms with E-state index in [1.54, 1.807) is 0 Å². The van der Waals surface area contributed by atoms with Crippen LogP contribution in [0.2, 0.25) is 0 Å². The molecule has 0 aliphatic carbocycles. The molecule has 1 aliphatic rings. The van der Waals surface area contributed by atoms with Crippen molar-refractivity contribution in [2.24, 2.45) is 5.92 Å². The fourth-order valence-corrected chi connectivity index (χ4v) is 3.33. The van der Waals surface area contributed by atoms with Crippen LogP contribution in [0.1, 0.15) is 48.2 Å². The van der Waals surface area contributed by atoms with E-state index in [0.29, 0.717) is 19.1 Å². The highest BCUT2D eigenvalue weighted by atomic mass is 16.5. The molecule has 1 fully saturated rings. The van der Waals surface area contributed by atoms with Crippen LogP contribution >= 0.6 is 0 Å². The fraction of sp³-hybridized carbons (Fsp3) is 0.611. The average molecular weight is 289 g/mol. The van der Waals surface area contributed by atoms with E-state index in [-0.39, 0.29) is 5.78 Å². The Balaban J connectivity index is 2.11. The molecule has 1 atom stereocenters. The van der Waals surface area contributed by atoms with Crippen molar-refractivity contribution in [2.75, 3.05) is 26.2 Å². The molecule has 0 radical (unpaired) electrons. The largest absolute Gasteiger partial charge is 0.494 e. The van der Waals surface area contributed by atoms with Crippen molar-refractivity contribution >= 4 is 5.78 Å². The number of piperidine rings is 1. The maximum atomic E-state index is 12.6. The number of hydrogen-bond acceptors (Lipinski definition) is 3. The highest BCUT2D eigenvalue weighted by Gasteiger charge is 2.21. The van der Waals surface area contributed by atoms with Gasteiger partial charge in [-0.2, -0.15) is 0 Å². The number of benzene rings is 1. The lowest BCUT2D eigenvalue weighted by atomic mass is 9.96. The van der Waals surface area contributed by atoms with E-state index < -0.39 is 0 Å². The zero-order valence-corrected chi connectivity index (χ0v) is 13.7. The Kier molecular flexibility index (Phi) is 5.40. The van der Waals surface area contributed by atoms with Crippen LogP contribution < -0.4 is 4.74 Å². The molecule has 1 aromatic rings. The van der Waals surface area contributed by atoms with E-state index in [9.17, 15) is 4.79 Å². The summed E-state index contributed by atoms with van der Waals surface area (Å²) in [6.07, 6.45) is 2.49. The third-order valence-electron chi connectivity index (χ3n) is 4.20. The lowest BCUT2D eigenvalue weighted by Crippen LogP contribution is -2.38. The van der Waals surface area contributed by atoms with Crippen LogP contribution in [0.3, 0.4) is 0 Å². The van der Waals surface area contributed by atoms with Crippen molar-refractivity contribution in [2.45, 2.75) is 40.5 Å². The molecular weight excluding hydrogens is 262 g/mol. The molecule has 0 N–H and O–H groups in total. The summed E-state index contributed by atoms with van der Waals surface area (Å²) < 4.78 is 5.54. The van der Waals surface area contributed by atoms with Crippen molar-refractivity contribution in [3.05, 3.63) is 28.8 Å². The normalized spacial score (nSPS) is 19.5. The molecule has 1 aliphatic heterocycles. The third-order valence-corrected chi connectivity index (χ3v) is 4.20. The summed E-state index contributed by atoms with van der Waals surface area (Å²) in [5, 5.41) is 0. The summed E-state index contributed by atoms with van der Waals surface area (Å²) in [6.45, 7) is 11.5. The summed E-state index contributed by atoms with van der Waals surface area (Å²) >= 11 is 0. The molecule has 0 spiro atoms. The second-order valence-corrected chi connectivity index (χ2v) is 6.27. The van der Waals surface area contributed by atoms with Crippen molar-refractivity contribution in [3.63, 3.8) is 0 Å². The number of hydrogen-bond donors (Lipinski definition) is 0. The van der Waals surface area contributed by atoms with Gasteiger partial charge in [-0.25, -0.2) is 0 Å². The lowest BCUT2D eigenvalue weighted by Gasteiger charge is -2.30. The number of nitrogens with zero attached hydrogens (tertiary/aromatic N) is 1. The van der Waals surface area contributed by atoms with Crippen LogP contribution in [0, 0.1) is 19.8 Å². The number of carbonyl (C=O) groups is 1. The average Bonchev–Trinajstić information content (AvgIpc) is 2.38. The van der Waals surface area contributed by atoms with E-state index >= 15 is 0 Å². The van der Waals surface area contributed by atoms with Gasteiger partial charge >= 0.3 is 0 Å². The summed E-state index contributed by atoms with van der Waals surface area (Å²) in [5.74, 6) is 1.80. The number of aryl methyl sites for hydroxylation is 2. The second-order valence-electron chi connectivity index (χ2n) is 6.27. The van der Waals surface area contributed by atoms with Crippen molar-refractivity contribution in [1.29, 1.82) is 0 Å². The zero-order chi connectivity index (χ0) is 15.4. The predicted octanol–water partition coefficient (Wildman–Crippen LogP) is 3.62. The van der Waals surface area contributed by atoms with Gasteiger partial charge in [0.2, 0.25) is 0 Å². The number of rotatable bonds is 5. The van der Waals surface area contributed by atoms with Gasteiger partial charge in [0.15, 0.2) is 5.78 Å². The van der Waals surface area contributed by atoms with Crippen LogP contribution in [-0.4, -0.2) is 36.9 Å². The molecule has 1 saturated heterocycles. The van der Waals surface area contributed by atoms with Crippen LogP contribution in [-0.2, 0) is 0 Å². The van der Waals surface area contributed by atoms with Gasteiger partial charge in [0.1, 0.15) is 5.75 Å². The Labute approximate surface area is 128 Å². The van der Waals surface area contributed by atoms with E-state index in [1.165, 1.54) is 12.8 Å². The molecule has 1 aromatic carbocycles. The van der Waals surface area contributed by atoms with Gasteiger partial charge in [-0.1, -0.05) is 6.92 Å². The number of ketones is 1. The Morgan fingerprint density at radius 3 is 2.57 bits per heavy atom. The van der Waals surface area contributed by atoms with Gasteiger partial charge in [-0.15, -0.1) is 0 Å². The highest BCUT2D eigenvalue weighted by molar-refractivity contribution is 6.00. The minimum Gasteiger partial charge on any atom is -0.494 e. The van der Waals surface area contributed by atoms with Gasteiger partial charge in [-0.3, -0.25) is 9.69 Å². The first-order chi connectivity index (χ1) is 10.0. The third kappa shape index (κ3) is 4.07. The van der Waals surface area contributed by atoms with E-state index in [4.69, 9.17) is 4.74 Å². The van der Waals surface area contributed by atoms with Crippen LogP contribution in [0.4, 0.5) is 0 Å². The summed E-state index contributed by atoms with van der Waals surface area (Å²) in [7, 11) is 0. The van der Waals surface area contributed by atoms with E-state index in [1.807, 2.05) is 32.9 Å². The van der Waals surface area contributed by atoms with Crippen molar-refractivity contribution < 1.29 is 9.53 Å². The SMILES string of the molecule is CCOc1cc(C)c(C(=O)CN2CCCC(C)C2)c(C)c1. The number of Topliss-reactive ketones (excluding diaryl/α,β-unsaturated/α-hetero) is 1. The molecule has 0 saturated carbocycles. The molecular formula is C18H27NO2. The monoisotopic (exact) mass is 289 g/mol. The number of ether oxygens (including phenoxy) is 1. The highest BCUT2D eigenvalue weighted by Crippen LogP contribution is 2.23. The molecule has 0 amide bonds. The minimum atomic E-state index is 0.238. The minimum absolute atomic E-state index is 0.238. The fourth-order valence-electron chi connectivity index (χ4n) is 3.33. The van der Waals surface area contributed by atoms with Gasteiger partial charge in [0, 0.05) is 12.1 Å². The van der Waals surface area contributed by atoms with Gasteiger partial charge < -0.3 is 4.74 Å². The molecule has 1 unspecified atom stereocenters. The first-order valence-electron chi connectivity index (χ1n) is 8.00. The Morgan fingerprint density at radius 2 is 2.00 bits per heavy atom. The second kappa shape index (κ2) is 7.08. The van der Waals surface area contributed by atoms with Crippen LogP contribution in [0.25, 0.3) is 0 Å². The van der Waals surface area contributed by atoms with Gasteiger partial charge in [0.05, 0.1) is 13.2 Å². The molecule has 116 valence electrons. The molecule has 21 heavy (non-hydrogen) atoms. The quantitative estimate of drug-likeness (QED) is 0.775. The maximum absolute atomic E-state index is 12.6. The van der Waals surface area contributed by atoms with E-state index in [0.717, 1.165) is 35.5 Å². The summed E-state index contributed by atoms with van der Waals surface area (Å²) in [4.78, 5) is 14.9. The Hall–Kier alpha value is -1.35. The first-order valence-corrected chi connectivity index (χ1v) is 8.00. The molecule has 2 rings (SSSR count). The van der Waals surface area contributed by atoms with Crippen LogP contribution in [0.15, 0.2) is 12.1 Å². The molecule has 0 bridgehead atoms. The van der Waals surface area contributed by atoms with Crippen molar-refractivity contribution in [1.82, 2.24) is 4.90 Å². The Morgan fingerprint density at radius 1 is 1.33 bits per heavy atom. The maximum Gasteiger partial charge on any atom is 0.177 e. The zero-order valence-electron chi connectivity index (χ0n) is 13.7. The van der Waals surface area contributed by atoms with E-state index in [2.05, 4.69) is 11.8 Å². The molecule has 1 heterocycles. The van der Waals surface area contributed by atoms with Crippen LogP contribution in [0.5, 0.6) is 5.75 Å². The molecule has 3 nitrogen and oxygen atoms in total. The molecule has 0 aromatic heterocycles. The number of carbonyl (C=O) groups excluding carboxylic acids is 1. The van der Waals surface area contributed by atoms with Gasteiger partial charge in [0.25, 0.3) is 0 Å². The van der Waals surface area contributed by atoms with Crippen molar-refractivity contribution in [3.8, 4) is 5.75 Å². The molecule has 3 heteroatoms. The summed E-state index contributed by atoms with van der Waals surface area (Å²) in [6, 6.07) is 3.95. The number of likely N-dealkylation sites (tertiary alicyclic amines) is 1. The topological polar surface area (TPSA) is 29.5 Å².